The van der Waals surface area contributed by atoms with Gasteiger partial charge in [-0.3, -0.25) is 0 Å². The smallest absolute Gasteiger partial charge is 0.333 e. The maximum absolute atomic E-state index is 11.6. The van der Waals surface area contributed by atoms with Gasteiger partial charge in [0.2, 0.25) is 0 Å². The van der Waals surface area contributed by atoms with E-state index < -0.39 is 0 Å². The van der Waals surface area contributed by atoms with E-state index in [4.69, 9.17) is 9.47 Å². The predicted molar refractivity (Wildman–Crippen MR) is 105 cm³/mol. The summed E-state index contributed by atoms with van der Waals surface area (Å²) >= 11 is 0. The van der Waals surface area contributed by atoms with Crippen LogP contribution in [0.5, 0.6) is 0 Å². The molecule has 0 spiro atoms. The molecule has 2 rings (SSSR count). The van der Waals surface area contributed by atoms with Gasteiger partial charge in [-0.05, 0) is 83.0 Å². The molecule has 0 aromatic carbocycles. The fourth-order valence-corrected chi connectivity index (χ4v) is 4.07. The Balaban J connectivity index is 0.00000338. The highest BCUT2D eigenvalue weighted by Gasteiger charge is 2.32. The van der Waals surface area contributed by atoms with E-state index >= 15 is 0 Å². The van der Waals surface area contributed by atoms with Crippen LogP contribution < -0.4 is 0 Å². The van der Waals surface area contributed by atoms with Crippen LogP contribution in [-0.4, -0.2) is 35.6 Å². The Kier molecular flexibility index (Phi) is 11.2. The van der Waals surface area contributed by atoms with Crippen molar-refractivity contribution in [1.82, 2.24) is 0 Å². The van der Waals surface area contributed by atoms with Gasteiger partial charge in [0.1, 0.15) is 6.10 Å². The molecule has 6 heteroatoms. The first kappa shape index (κ1) is 25.3. The molecule has 27 heavy (non-hydrogen) atoms. The lowest BCUT2D eigenvalue weighted by Crippen LogP contribution is -2.30. The fraction of sp³-hybridized carbons (Fsp3) is 0.714. The van der Waals surface area contributed by atoms with Gasteiger partial charge in [0.05, 0.1) is 6.61 Å². The maximum atomic E-state index is 11.6. The van der Waals surface area contributed by atoms with Crippen molar-refractivity contribution in [3.05, 3.63) is 24.3 Å². The Bertz CT molecular complexity index is 511. The van der Waals surface area contributed by atoms with Gasteiger partial charge < -0.3 is 20.4 Å². The zero-order valence-corrected chi connectivity index (χ0v) is 16.7. The minimum atomic E-state index is -0.273. The fourth-order valence-electron chi connectivity index (χ4n) is 4.07. The normalized spacial score (nSPS) is 27.3. The third-order valence-corrected chi connectivity index (χ3v) is 5.70. The van der Waals surface area contributed by atoms with E-state index in [1.54, 1.807) is 13.8 Å². The first-order valence-corrected chi connectivity index (χ1v) is 9.56. The molecule has 0 bridgehead atoms. The standard InChI is InChI=1S/C21H32O4.2H2O/c1-14(2)20(22)24-13-16-5-7-17(8-6-16)18-9-11-19(12-10-18)25-21(23)15(3)4;;/h16-19H,1,3,5-13H2,2,4H3;2*1H2. The molecular formula is C21H36O6. The molecule has 0 aliphatic heterocycles. The molecule has 0 amide bonds. The molecule has 0 aromatic heterocycles. The number of hydrogen-bond donors (Lipinski definition) is 0. The van der Waals surface area contributed by atoms with Crippen molar-refractivity contribution in [2.45, 2.75) is 71.3 Å². The second-order valence-corrected chi connectivity index (χ2v) is 7.88. The van der Waals surface area contributed by atoms with E-state index in [1.807, 2.05) is 0 Å². The van der Waals surface area contributed by atoms with Gasteiger partial charge >= 0.3 is 11.9 Å². The molecule has 2 aliphatic carbocycles. The summed E-state index contributed by atoms with van der Waals surface area (Å²) in [6.45, 7) is 11.2. The van der Waals surface area contributed by atoms with Gasteiger partial charge in [-0.1, -0.05) is 13.2 Å². The van der Waals surface area contributed by atoms with Crippen molar-refractivity contribution in [3.63, 3.8) is 0 Å². The van der Waals surface area contributed by atoms with Gasteiger partial charge in [0, 0.05) is 11.1 Å². The highest BCUT2D eigenvalue weighted by atomic mass is 16.5. The number of carbonyl (C=O) groups is 2. The molecule has 0 unspecified atom stereocenters. The van der Waals surface area contributed by atoms with Crippen molar-refractivity contribution >= 4 is 11.9 Å². The van der Waals surface area contributed by atoms with Crippen molar-refractivity contribution in [1.29, 1.82) is 0 Å². The molecule has 2 fully saturated rings. The summed E-state index contributed by atoms with van der Waals surface area (Å²) < 4.78 is 10.8. The van der Waals surface area contributed by atoms with Crippen LogP contribution in [0.2, 0.25) is 0 Å². The maximum Gasteiger partial charge on any atom is 0.333 e. The van der Waals surface area contributed by atoms with Gasteiger partial charge in [0.25, 0.3) is 0 Å². The number of ether oxygens (including phenoxy) is 2. The molecule has 4 N–H and O–H groups in total. The highest BCUT2D eigenvalue weighted by molar-refractivity contribution is 5.87. The van der Waals surface area contributed by atoms with Gasteiger partial charge in [-0.2, -0.15) is 0 Å². The number of carbonyl (C=O) groups excluding carboxylic acids is 2. The topological polar surface area (TPSA) is 116 Å². The second kappa shape index (κ2) is 11.9. The molecule has 0 saturated heterocycles. The second-order valence-electron chi connectivity index (χ2n) is 7.88. The van der Waals surface area contributed by atoms with Gasteiger partial charge in [-0.25, -0.2) is 9.59 Å². The highest BCUT2D eigenvalue weighted by Crippen LogP contribution is 2.40. The molecule has 0 aromatic rings. The Morgan fingerprint density at radius 2 is 1.22 bits per heavy atom. The largest absolute Gasteiger partial charge is 0.462 e. The minimum Gasteiger partial charge on any atom is -0.462 e. The molecule has 2 saturated carbocycles. The first-order chi connectivity index (χ1) is 11.9. The van der Waals surface area contributed by atoms with Crippen molar-refractivity contribution < 1.29 is 30.0 Å². The lowest BCUT2D eigenvalue weighted by Gasteiger charge is -2.37. The summed E-state index contributed by atoms with van der Waals surface area (Å²) in [5, 5.41) is 0. The summed E-state index contributed by atoms with van der Waals surface area (Å²) in [4.78, 5) is 23.1. The number of rotatable bonds is 6. The monoisotopic (exact) mass is 384 g/mol. The van der Waals surface area contributed by atoms with Gasteiger partial charge in [-0.15, -0.1) is 0 Å². The van der Waals surface area contributed by atoms with Gasteiger partial charge in [0.15, 0.2) is 0 Å². The van der Waals surface area contributed by atoms with E-state index in [9.17, 15) is 9.59 Å². The van der Waals surface area contributed by atoms with Crippen molar-refractivity contribution in [2.24, 2.45) is 17.8 Å². The predicted octanol–water partition coefficient (Wildman–Crippen LogP) is 2.94. The Morgan fingerprint density at radius 1 is 0.778 bits per heavy atom. The van der Waals surface area contributed by atoms with E-state index in [-0.39, 0.29) is 29.0 Å². The third kappa shape index (κ3) is 7.85. The molecule has 0 atom stereocenters. The average molecular weight is 385 g/mol. The quantitative estimate of drug-likeness (QED) is 0.517. The van der Waals surface area contributed by atoms with E-state index in [0.717, 1.165) is 50.4 Å². The molecule has 156 valence electrons. The van der Waals surface area contributed by atoms with Crippen molar-refractivity contribution in [3.8, 4) is 0 Å². The Labute approximate surface area is 162 Å². The lowest BCUT2D eigenvalue weighted by molar-refractivity contribution is -0.146. The van der Waals surface area contributed by atoms with Crippen LogP contribution in [0.3, 0.4) is 0 Å². The summed E-state index contributed by atoms with van der Waals surface area (Å²) in [7, 11) is 0. The zero-order valence-electron chi connectivity index (χ0n) is 16.7. The summed E-state index contributed by atoms with van der Waals surface area (Å²) in [6, 6.07) is 0. The Morgan fingerprint density at radius 3 is 1.67 bits per heavy atom. The summed E-state index contributed by atoms with van der Waals surface area (Å²) in [6.07, 6.45) is 9.02. The Hall–Kier alpha value is -1.66. The van der Waals surface area contributed by atoms with Crippen LogP contribution in [0, 0.1) is 17.8 Å². The molecular weight excluding hydrogens is 348 g/mol. The van der Waals surface area contributed by atoms with Crippen LogP contribution in [0.25, 0.3) is 0 Å². The number of esters is 2. The van der Waals surface area contributed by atoms with Crippen LogP contribution in [-0.2, 0) is 19.1 Å². The van der Waals surface area contributed by atoms with Crippen molar-refractivity contribution in [2.75, 3.05) is 6.61 Å². The lowest BCUT2D eigenvalue weighted by atomic mass is 9.70. The molecule has 6 nitrogen and oxygen atoms in total. The van der Waals surface area contributed by atoms with Crippen LogP contribution in [0.4, 0.5) is 0 Å². The average Bonchev–Trinajstić information content (AvgIpc) is 2.60. The van der Waals surface area contributed by atoms with E-state index in [2.05, 4.69) is 13.2 Å². The van der Waals surface area contributed by atoms with E-state index in [1.165, 1.54) is 12.8 Å². The SMILES string of the molecule is C=C(C)C(=O)OCC1CCC(C2CCC(OC(=O)C(=C)C)CC2)CC1.O.O. The summed E-state index contributed by atoms with van der Waals surface area (Å²) in [5.74, 6) is 1.48. The summed E-state index contributed by atoms with van der Waals surface area (Å²) in [5.41, 5.74) is 0.950. The third-order valence-electron chi connectivity index (χ3n) is 5.70. The van der Waals surface area contributed by atoms with Crippen LogP contribution in [0.1, 0.15) is 65.2 Å². The van der Waals surface area contributed by atoms with Crippen LogP contribution in [0.15, 0.2) is 24.3 Å². The zero-order chi connectivity index (χ0) is 18.4. The van der Waals surface area contributed by atoms with E-state index in [0.29, 0.717) is 23.7 Å². The molecule has 0 radical (unpaired) electrons. The number of hydrogen-bond acceptors (Lipinski definition) is 4. The minimum absolute atomic E-state index is 0. The first-order valence-electron chi connectivity index (χ1n) is 9.56. The molecule has 2 aliphatic rings. The molecule has 0 heterocycles. The van der Waals surface area contributed by atoms with Crippen LogP contribution >= 0.6 is 0 Å².